The number of aromatic nitrogens is 3. The minimum atomic E-state index is 0. The lowest BCUT2D eigenvalue weighted by atomic mass is 9.87. The van der Waals surface area contributed by atoms with Crippen LogP contribution in [0.25, 0.3) is 11.4 Å². The molecule has 1 atom stereocenters. The number of halogens is 1. The number of rotatable bonds is 4. The molecule has 1 saturated heterocycles. The summed E-state index contributed by atoms with van der Waals surface area (Å²) in [6.45, 7) is 7.95. The van der Waals surface area contributed by atoms with Crippen molar-refractivity contribution in [1.29, 1.82) is 5.41 Å². The number of nitrogens with one attached hydrogen (secondary N) is 2. The van der Waals surface area contributed by atoms with E-state index in [1.54, 1.807) is 6.20 Å². The molecule has 0 bridgehead atoms. The molecule has 1 aliphatic heterocycles. The zero-order valence-electron chi connectivity index (χ0n) is 17.9. The lowest BCUT2D eigenvalue weighted by Crippen LogP contribution is -2.34. The van der Waals surface area contributed by atoms with Gasteiger partial charge in [0.25, 0.3) is 0 Å². The summed E-state index contributed by atoms with van der Waals surface area (Å²) in [6, 6.07) is 12.2. The molecule has 2 aromatic heterocycles. The third kappa shape index (κ3) is 5.14. The molecule has 3 heterocycles. The van der Waals surface area contributed by atoms with Crippen molar-refractivity contribution in [2.75, 3.05) is 18.4 Å². The largest absolute Gasteiger partial charge is 0.370 e. The van der Waals surface area contributed by atoms with Crippen molar-refractivity contribution in [3.8, 4) is 11.4 Å². The molecule has 4 rings (SSSR count). The second kappa shape index (κ2) is 8.93. The number of likely N-dealkylation sites (tertiary alicyclic amines) is 1. The van der Waals surface area contributed by atoms with E-state index in [0.717, 1.165) is 30.0 Å². The van der Waals surface area contributed by atoms with Crippen LogP contribution in [0.2, 0.25) is 0 Å². The summed E-state index contributed by atoms with van der Waals surface area (Å²) in [5.74, 6) is 2.02. The van der Waals surface area contributed by atoms with Gasteiger partial charge in [0.2, 0.25) is 11.7 Å². The number of hydrogen-bond donors (Lipinski definition) is 3. The van der Waals surface area contributed by atoms with Gasteiger partial charge >= 0.3 is 0 Å². The predicted molar refractivity (Wildman–Crippen MR) is 124 cm³/mol. The normalized spacial score (nSPS) is 16.1. The van der Waals surface area contributed by atoms with Crippen LogP contribution >= 0.6 is 12.4 Å². The highest BCUT2D eigenvalue weighted by Crippen LogP contribution is 2.28. The van der Waals surface area contributed by atoms with Gasteiger partial charge in [-0.15, -0.1) is 12.4 Å². The van der Waals surface area contributed by atoms with Crippen LogP contribution < -0.4 is 11.1 Å². The molecule has 31 heavy (non-hydrogen) atoms. The second-order valence-corrected chi connectivity index (χ2v) is 8.66. The summed E-state index contributed by atoms with van der Waals surface area (Å²) < 4.78 is 5.46. The van der Waals surface area contributed by atoms with Gasteiger partial charge in [-0.2, -0.15) is 4.98 Å². The van der Waals surface area contributed by atoms with Crippen molar-refractivity contribution in [3.05, 3.63) is 54.0 Å². The molecule has 1 aromatic carbocycles. The Morgan fingerprint density at radius 1 is 1.26 bits per heavy atom. The summed E-state index contributed by atoms with van der Waals surface area (Å²) in [7, 11) is 0. The SMILES string of the molecule is CC(C)(C)c1cccc(Nc2ccc(-c3noc(C4CCN(C(=N)N)C4)n3)cn2)c1.Cl. The highest BCUT2D eigenvalue weighted by Gasteiger charge is 2.29. The van der Waals surface area contributed by atoms with Gasteiger partial charge in [0, 0.05) is 30.5 Å². The fourth-order valence-electron chi connectivity index (χ4n) is 3.51. The van der Waals surface area contributed by atoms with E-state index in [2.05, 4.69) is 53.3 Å². The van der Waals surface area contributed by atoms with E-state index in [9.17, 15) is 0 Å². The lowest BCUT2D eigenvalue weighted by molar-refractivity contribution is 0.354. The van der Waals surface area contributed by atoms with Crippen LogP contribution in [0, 0.1) is 5.41 Å². The average Bonchev–Trinajstić information content (AvgIpc) is 3.38. The van der Waals surface area contributed by atoms with Crippen molar-refractivity contribution >= 4 is 29.9 Å². The van der Waals surface area contributed by atoms with Crippen LogP contribution in [0.3, 0.4) is 0 Å². The number of nitrogens with two attached hydrogens (primary N) is 1. The van der Waals surface area contributed by atoms with Crippen molar-refractivity contribution in [2.24, 2.45) is 5.73 Å². The molecule has 1 aliphatic rings. The number of benzene rings is 1. The van der Waals surface area contributed by atoms with Crippen LogP contribution in [-0.4, -0.2) is 39.1 Å². The molecule has 9 heteroatoms. The molecule has 1 unspecified atom stereocenters. The topological polar surface area (TPSA) is 117 Å². The highest BCUT2D eigenvalue weighted by molar-refractivity contribution is 5.85. The van der Waals surface area contributed by atoms with Crippen molar-refractivity contribution < 1.29 is 4.52 Å². The molecule has 0 saturated carbocycles. The zero-order chi connectivity index (χ0) is 21.3. The first-order valence-electron chi connectivity index (χ1n) is 10.1. The summed E-state index contributed by atoms with van der Waals surface area (Å²) >= 11 is 0. The fourth-order valence-corrected chi connectivity index (χ4v) is 3.51. The number of hydrogen-bond acceptors (Lipinski definition) is 6. The summed E-state index contributed by atoms with van der Waals surface area (Å²) in [5, 5.41) is 15.0. The van der Waals surface area contributed by atoms with Crippen LogP contribution in [0.5, 0.6) is 0 Å². The standard InChI is InChI=1S/C22H27N7O.ClH/c1-22(2,3)16-5-4-6-17(11-16)26-18-8-7-14(12-25-18)19-27-20(30-28-19)15-9-10-29(13-15)21(23)24;/h4-8,11-12,15H,9-10,13H2,1-3H3,(H3,23,24)(H,25,26);1H. The Hall–Kier alpha value is -3.13. The number of pyridine rings is 1. The maximum Gasteiger partial charge on any atom is 0.231 e. The molecule has 0 aliphatic carbocycles. The third-order valence-corrected chi connectivity index (χ3v) is 5.34. The second-order valence-electron chi connectivity index (χ2n) is 8.66. The first kappa shape index (κ1) is 22.6. The molecule has 4 N–H and O–H groups in total. The van der Waals surface area contributed by atoms with Gasteiger partial charge in [0.15, 0.2) is 5.96 Å². The molecule has 0 amide bonds. The molecule has 164 valence electrons. The Morgan fingerprint density at radius 2 is 2.06 bits per heavy atom. The zero-order valence-corrected chi connectivity index (χ0v) is 18.7. The summed E-state index contributed by atoms with van der Waals surface area (Å²) in [4.78, 5) is 10.8. The lowest BCUT2D eigenvalue weighted by Gasteiger charge is -2.20. The Morgan fingerprint density at radius 3 is 2.71 bits per heavy atom. The van der Waals surface area contributed by atoms with Crippen molar-refractivity contribution in [3.63, 3.8) is 0 Å². The first-order valence-corrected chi connectivity index (χ1v) is 10.1. The van der Waals surface area contributed by atoms with E-state index in [1.807, 2.05) is 29.2 Å². The first-order chi connectivity index (χ1) is 14.3. The van der Waals surface area contributed by atoms with E-state index in [4.69, 9.17) is 15.7 Å². The number of nitrogens with zero attached hydrogens (tertiary/aromatic N) is 4. The van der Waals surface area contributed by atoms with E-state index in [0.29, 0.717) is 18.3 Å². The van der Waals surface area contributed by atoms with Gasteiger partial charge in [0.05, 0.1) is 5.92 Å². The maximum atomic E-state index is 7.55. The Bertz CT molecular complexity index is 1040. The summed E-state index contributed by atoms with van der Waals surface area (Å²) in [6.07, 6.45) is 2.58. The van der Waals surface area contributed by atoms with E-state index >= 15 is 0 Å². The highest BCUT2D eigenvalue weighted by atomic mass is 35.5. The Labute approximate surface area is 188 Å². The van der Waals surface area contributed by atoms with Gasteiger partial charge in [-0.1, -0.05) is 38.1 Å². The molecule has 1 fully saturated rings. The van der Waals surface area contributed by atoms with Crippen LogP contribution in [0.1, 0.15) is 44.6 Å². The van der Waals surface area contributed by atoms with E-state index in [1.165, 1.54) is 5.56 Å². The fraction of sp³-hybridized carbons (Fsp3) is 0.364. The van der Waals surface area contributed by atoms with Gasteiger partial charge in [-0.25, -0.2) is 4.98 Å². The average molecular weight is 442 g/mol. The third-order valence-electron chi connectivity index (χ3n) is 5.34. The predicted octanol–water partition coefficient (Wildman–Crippen LogP) is 4.28. The van der Waals surface area contributed by atoms with E-state index < -0.39 is 0 Å². The minimum absolute atomic E-state index is 0. The van der Waals surface area contributed by atoms with Gasteiger partial charge in [0.1, 0.15) is 5.82 Å². The Balaban J connectivity index is 0.00000272. The molecular formula is C22H28ClN7O. The van der Waals surface area contributed by atoms with Gasteiger partial charge in [-0.3, -0.25) is 5.41 Å². The molecule has 3 aromatic rings. The number of anilines is 2. The Kier molecular flexibility index (Phi) is 6.50. The monoisotopic (exact) mass is 441 g/mol. The molecule has 0 spiro atoms. The van der Waals surface area contributed by atoms with Crippen molar-refractivity contribution in [2.45, 2.75) is 38.5 Å². The smallest absolute Gasteiger partial charge is 0.231 e. The van der Waals surface area contributed by atoms with Crippen LogP contribution in [0.15, 0.2) is 47.1 Å². The molecular weight excluding hydrogens is 414 g/mol. The quantitative estimate of drug-likeness (QED) is 0.408. The van der Waals surface area contributed by atoms with Gasteiger partial charge in [-0.05, 0) is 41.7 Å². The molecule has 8 nitrogen and oxygen atoms in total. The maximum absolute atomic E-state index is 7.55. The van der Waals surface area contributed by atoms with E-state index in [-0.39, 0.29) is 29.7 Å². The molecule has 0 radical (unpaired) electrons. The van der Waals surface area contributed by atoms with Crippen molar-refractivity contribution in [1.82, 2.24) is 20.0 Å². The minimum Gasteiger partial charge on any atom is -0.370 e. The summed E-state index contributed by atoms with van der Waals surface area (Å²) in [5.41, 5.74) is 8.71. The van der Waals surface area contributed by atoms with Crippen LogP contribution in [0.4, 0.5) is 11.5 Å². The van der Waals surface area contributed by atoms with Gasteiger partial charge < -0.3 is 20.5 Å². The van der Waals surface area contributed by atoms with Crippen LogP contribution in [-0.2, 0) is 5.41 Å². The number of guanidine groups is 1.